The van der Waals surface area contributed by atoms with Crippen LogP contribution < -0.4 is 9.64 Å². The van der Waals surface area contributed by atoms with Gasteiger partial charge in [-0.25, -0.2) is 8.78 Å². The van der Waals surface area contributed by atoms with E-state index in [0.717, 1.165) is 56.5 Å². The maximum absolute atomic E-state index is 15.2. The van der Waals surface area contributed by atoms with Crippen LogP contribution in [-0.2, 0) is 0 Å². The first-order valence-corrected chi connectivity index (χ1v) is 12.8. The molecule has 0 radical (unpaired) electrons. The van der Waals surface area contributed by atoms with E-state index >= 15 is 4.39 Å². The van der Waals surface area contributed by atoms with Crippen LogP contribution in [0.4, 0.5) is 19.3 Å². The number of rotatable bonds is 4. The minimum atomic E-state index is -0.406. The summed E-state index contributed by atoms with van der Waals surface area (Å²) in [6.07, 6.45) is 11.4. The Balaban J connectivity index is 0.00000133. The Bertz CT molecular complexity index is 1210. The number of aryl methyl sites for hydroxylation is 1. The van der Waals surface area contributed by atoms with E-state index in [1.54, 1.807) is 13.1 Å². The normalized spacial score (nSPS) is 31.9. The molecule has 5 heterocycles. The van der Waals surface area contributed by atoms with Crippen LogP contribution in [0.3, 0.4) is 0 Å². The number of fused-ring (bicyclic) bond motifs is 4. The lowest BCUT2D eigenvalue weighted by molar-refractivity contribution is 0.0649. The molecule has 2 saturated carbocycles. The first kappa shape index (κ1) is 23.0. The highest BCUT2D eigenvalue weighted by molar-refractivity contribution is 5.90. The van der Waals surface area contributed by atoms with Crippen LogP contribution >= 0.6 is 0 Å². The number of aromatic nitrogens is 3. The zero-order valence-corrected chi connectivity index (χ0v) is 20.1. The van der Waals surface area contributed by atoms with E-state index in [1.807, 2.05) is 0 Å². The number of pyridine rings is 1. The summed E-state index contributed by atoms with van der Waals surface area (Å²) < 4.78 is 35.1. The van der Waals surface area contributed by atoms with Crippen molar-refractivity contribution < 1.29 is 19.6 Å². The van der Waals surface area contributed by atoms with Crippen LogP contribution in [0.15, 0.2) is 18.1 Å². The van der Waals surface area contributed by atoms with Crippen molar-refractivity contribution in [2.75, 3.05) is 31.1 Å². The molecule has 0 aromatic carbocycles. The van der Waals surface area contributed by atoms with E-state index in [0.29, 0.717) is 42.6 Å². The van der Waals surface area contributed by atoms with Crippen LogP contribution in [0.25, 0.3) is 10.9 Å². The van der Waals surface area contributed by atoms with Crippen molar-refractivity contribution in [1.29, 1.82) is 0 Å². The van der Waals surface area contributed by atoms with Crippen molar-refractivity contribution in [1.82, 2.24) is 19.9 Å². The zero-order valence-electron chi connectivity index (χ0n) is 20.1. The van der Waals surface area contributed by atoms with Gasteiger partial charge in [-0.05, 0) is 75.3 Å². The molecule has 3 saturated heterocycles. The molecular formula is C26H34F3N5O. The van der Waals surface area contributed by atoms with Gasteiger partial charge in [-0.15, -0.1) is 0 Å². The molecule has 7 rings (SSSR count). The summed E-state index contributed by atoms with van der Waals surface area (Å²) in [5.41, 5.74) is 1.45. The van der Waals surface area contributed by atoms with Gasteiger partial charge >= 0.3 is 6.01 Å². The maximum atomic E-state index is 15.2. The third-order valence-corrected chi connectivity index (χ3v) is 9.41. The Kier molecular flexibility index (Phi) is 5.29. The lowest BCUT2D eigenvalue weighted by atomic mass is 9.80. The number of anilines is 1. The van der Waals surface area contributed by atoms with Crippen molar-refractivity contribution in [3.05, 3.63) is 29.6 Å². The van der Waals surface area contributed by atoms with Gasteiger partial charge in [0.25, 0.3) is 0 Å². The van der Waals surface area contributed by atoms with E-state index in [-0.39, 0.29) is 28.6 Å². The molecule has 1 spiro atoms. The Morgan fingerprint density at radius 2 is 2.09 bits per heavy atom. The fourth-order valence-corrected chi connectivity index (χ4v) is 7.19. The van der Waals surface area contributed by atoms with Crippen molar-refractivity contribution in [3.8, 4) is 6.01 Å². The molecule has 0 amide bonds. The standard InChI is InChI=1S/C26H31F2N5O.FH.H2/c1-16-21(28)22-19(13-29-16)23(33-8-3-2-4-18-10-20(18)33)31-24(30-22)34-15-26-11-17(12-27)14-32(26)9-7-25(26)5-6-25;;/h12-13,18,20H,2-11,14-15H2,1H3;2*1H/b17-12-;;/t18-,20+,26?;;/m0../s1. The molecule has 2 aromatic heterocycles. The Hall–Kier alpha value is -2.42. The van der Waals surface area contributed by atoms with Gasteiger partial charge in [0.05, 0.1) is 22.9 Å². The van der Waals surface area contributed by atoms with Crippen LogP contribution in [0.5, 0.6) is 6.01 Å². The minimum Gasteiger partial charge on any atom is -0.461 e. The molecule has 6 nitrogen and oxygen atoms in total. The number of halogens is 3. The first-order chi connectivity index (χ1) is 16.5. The van der Waals surface area contributed by atoms with Gasteiger partial charge in [0.1, 0.15) is 17.9 Å². The Morgan fingerprint density at radius 1 is 1.23 bits per heavy atom. The van der Waals surface area contributed by atoms with E-state index in [9.17, 15) is 4.39 Å². The summed E-state index contributed by atoms with van der Waals surface area (Å²) in [6.45, 7) is 4.62. The largest absolute Gasteiger partial charge is 0.461 e. The smallest absolute Gasteiger partial charge is 0.319 e. The quantitative estimate of drug-likeness (QED) is 0.595. The molecule has 2 aliphatic carbocycles. The predicted molar refractivity (Wildman–Crippen MR) is 130 cm³/mol. The van der Waals surface area contributed by atoms with Crippen molar-refractivity contribution in [3.63, 3.8) is 0 Å². The van der Waals surface area contributed by atoms with Gasteiger partial charge in [0.15, 0.2) is 5.82 Å². The number of ether oxygens (including phenoxy) is 1. The molecule has 2 aromatic rings. The summed E-state index contributed by atoms with van der Waals surface area (Å²) in [4.78, 5) is 18.4. The molecule has 3 atom stereocenters. The van der Waals surface area contributed by atoms with Crippen LogP contribution in [0.2, 0.25) is 0 Å². The molecular weight excluding hydrogens is 455 g/mol. The van der Waals surface area contributed by atoms with Crippen molar-refractivity contribution in [2.45, 2.75) is 69.9 Å². The van der Waals surface area contributed by atoms with E-state index < -0.39 is 5.82 Å². The summed E-state index contributed by atoms with van der Waals surface area (Å²) in [6, 6.07) is 0.687. The van der Waals surface area contributed by atoms with Gasteiger partial charge in [-0.2, -0.15) is 9.97 Å². The molecule has 0 N–H and O–H groups in total. The molecule has 5 aliphatic rings. The summed E-state index contributed by atoms with van der Waals surface area (Å²) in [5.74, 6) is 1.04. The monoisotopic (exact) mass is 489 g/mol. The number of hydrogen-bond acceptors (Lipinski definition) is 6. The number of hydrogen-bond donors (Lipinski definition) is 0. The summed E-state index contributed by atoms with van der Waals surface area (Å²) in [5, 5.41) is 0.658. The third-order valence-electron chi connectivity index (χ3n) is 9.41. The molecule has 3 aliphatic heterocycles. The number of nitrogens with zero attached hydrogens (tertiary/aromatic N) is 5. The highest BCUT2D eigenvalue weighted by atomic mass is 19.1. The average molecular weight is 490 g/mol. The first-order valence-electron chi connectivity index (χ1n) is 12.8. The minimum absolute atomic E-state index is 0. The van der Waals surface area contributed by atoms with E-state index in [1.165, 1.54) is 19.3 Å². The highest BCUT2D eigenvalue weighted by Crippen LogP contribution is 2.66. The molecule has 190 valence electrons. The molecule has 5 fully saturated rings. The molecule has 0 bridgehead atoms. The van der Waals surface area contributed by atoms with Crippen LogP contribution in [-0.4, -0.2) is 57.7 Å². The lowest BCUT2D eigenvalue weighted by Gasteiger charge is -2.37. The van der Waals surface area contributed by atoms with Gasteiger partial charge < -0.3 is 9.64 Å². The molecule has 9 heteroatoms. The lowest BCUT2D eigenvalue weighted by Crippen LogP contribution is -2.49. The van der Waals surface area contributed by atoms with E-state index in [2.05, 4.69) is 19.8 Å². The molecule has 35 heavy (non-hydrogen) atoms. The van der Waals surface area contributed by atoms with Gasteiger partial charge in [-0.1, -0.05) is 6.42 Å². The van der Waals surface area contributed by atoms with E-state index in [4.69, 9.17) is 9.72 Å². The Labute approximate surface area is 204 Å². The topological polar surface area (TPSA) is 54.4 Å². The second-order valence-electron chi connectivity index (χ2n) is 11.2. The maximum Gasteiger partial charge on any atom is 0.319 e. The van der Waals surface area contributed by atoms with Crippen LogP contribution in [0, 0.1) is 24.1 Å². The van der Waals surface area contributed by atoms with Gasteiger partial charge in [0.2, 0.25) is 0 Å². The second-order valence-corrected chi connectivity index (χ2v) is 11.2. The average Bonchev–Trinajstić information content (AvgIpc) is 3.73. The SMILES string of the molecule is Cc1ncc2c(N3CCCC[C@H]4C[C@H]43)nc(OCC34C/C(=C/F)CN3CCC43CC3)nc2c1F.F.[HH]. The van der Waals surface area contributed by atoms with Crippen molar-refractivity contribution in [2.24, 2.45) is 11.3 Å². The summed E-state index contributed by atoms with van der Waals surface area (Å²) >= 11 is 0. The van der Waals surface area contributed by atoms with Gasteiger partial charge in [-0.3, -0.25) is 14.6 Å². The third kappa shape index (κ3) is 3.37. The Morgan fingerprint density at radius 3 is 2.89 bits per heavy atom. The zero-order chi connectivity index (χ0) is 23.1. The summed E-state index contributed by atoms with van der Waals surface area (Å²) in [7, 11) is 0. The predicted octanol–water partition coefficient (Wildman–Crippen LogP) is 5.11. The molecule has 1 unspecified atom stereocenters. The fourth-order valence-electron chi connectivity index (χ4n) is 7.19. The van der Waals surface area contributed by atoms with Crippen molar-refractivity contribution >= 4 is 16.7 Å². The highest BCUT2D eigenvalue weighted by Gasteiger charge is 2.67. The second kappa shape index (κ2) is 8.05. The van der Waals surface area contributed by atoms with Gasteiger partial charge in [0, 0.05) is 26.8 Å². The fraction of sp³-hybridized carbons (Fsp3) is 0.654. The van der Waals surface area contributed by atoms with Crippen LogP contribution in [0.1, 0.15) is 58.5 Å².